The molecule has 0 saturated carbocycles. The van der Waals surface area contributed by atoms with Gasteiger partial charge in [0.2, 0.25) is 0 Å². The van der Waals surface area contributed by atoms with Crippen molar-refractivity contribution in [1.29, 1.82) is 0 Å². The number of aldehydes is 1. The molecule has 1 aromatic carbocycles. The first-order valence-electron chi connectivity index (χ1n) is 6.23. The Morgan fingerprint density at radius 2 is 2.11 bits per heavy atom. The summed E-state index contributed by atoms with van der Waals surface area (Å²) < 4.78 is 7.29. The second kappa shape index (κ2) is 5.26. The van der Waals surface area contributed by atoms with E-state index in [2.05, 4.69) is 24.9 Å². The van der Waals surface area contributed by atoms with Gasteiger partial charge in [-0.25, -0.2) is 4.98 Å². The molecule has 4 nitrogen and oxygen atoms in total. The number of ether oxygens (including phenoxy) is 1. The Labute approximate surface area is 113 Å². The van der Waals surface area contributed by atoms with Gasteiger partial charge in [0.15, 0.2) is 6.29 Å². The molecular formula is C15H18N2O2. The molecule has 1 heterocycles. The zero-order chi connectivity index (χ0) is 14.0. The largest absolute Gasteiger partial charge is 0.496 e. The molecule has 0 radical (unpaired) electrons. The number of imidazole rings is 1. The molecule has 0 N–H and O–H groups in total. The van der Waals surface area contributed by atoms with Crippen LogP contribution in [0.2, 0.25) is 0 Å². The Kier molecular flexibility index (Phi) is 3.69. The molecule has 2 aromatic rings. The zero-order valence-electron chi connectivity index (χ0n) is 11.7. The predicted octanol–water partition coefficient (Wildman–Crippen LogP) is 3.03. The van der Waals surface area contributed by atoms with Gasteiger partial charge in [-0.15, -0.1) is 0 Å². The Bertz CT molecular complexity index is 600. The third-order valence-electron chi connectivity index (χ3n) is 3.22. The fraction of sp³-hybridized carbons (Fsp3) is 0.333. The average molecular weight is 258 g/mol. The number of benzene rings is 1. The lowest BCUT2D eigenvalue weighted by Crippen LogP contribution is -1.98. The van der Waals surface area contributed by atoms with Crippen LogP contribution in [0.15, 0.2) is 24.5 Å². The van der Waals surface area contributed by atoms with Crippen LogP contribution in [-0.4, -0.2) is 22.9 Å². The highest BCUT2D eigenvalue weighted by atomic mass is 16.5. The van der Waals surface area contributed by atoms with Crippen LogP contribution >= 0.6 is 0 Å². The van der Waals surface area contributed by atoms with Crippen LogP contribution in [0.4, 0.5) is 0 Å². The van der Waals surface area contributed by atoms with Gasteiger partial charge < -0.3 is 9.30 Å². The Morgan fingerprint density at radius 3 is 2.68 bits per heavy atom. The molecular weight excluding hydrogens is 240 g/mol. The van der Waals surface area contributed by atoms with Crippen molar-refractivity contribution in [3.8, 4) is 17.0 Å². The number of aryl methyl sites for hydroxylation is 1. The molecule has 0 aliphatic heterocycles. The molecule has 1 aromatic heterocycles. The number of carbonyl (C=O) groups is 1. The second-order valence-electron chi connectivity index (χ2n) is 4.82. The summed E-state index contributed by atoms with van der Waals surface area (Å²) in [5.74, 6) is 1.19. The van der Waals surface area contributed by atoms with E-state index in [0.29, 0.717) is 11.6 Å². The van der Waals surface area contributed by atoms with Gasteiger partial charge in [0.1, 0.15) is 11.4 Å². The zero-order valence-corrected chi connectivity index (χ0v) is 11.7. The molecule has 2 rings (SSSR count). The maximum absolute atomic E-state index is 11.1. The van der Waals surface area contributed by atoms with Crippen LogP contribution in [0, 0.1) is 0 Å². The van der Waals surface area contributed by atoms with Crippen molar-refractivity contribution in [2.45, 2.75) is 19.8 Å². The van der Waals surface area contributed by atoms with Crippen LogP contribution in [0.25, 0.3) is 11.3 Å². The molecule has 0 saturated heterocycles. The van der Waals surface area contributed by atoms with Gasteiger partial charge in [-0.05, 0) is 23.6 Å². The van der Waals surface area contributed by atoms with E-state index in [1.54, 1.807) is 13.4 Å². The monoisotopic (exact) mass is 258 g/mol. The molecule has 0 aliphatic rings. The van der Waals surface area contributed by atoms with Crippen molar-refractivity contribution < 1.29 is 9.53 Å². The van der Waals surface area contributed by atoms with Crippen molar-refractivity contribution in [3.05, 3.63) is 35.8 Å². The number of rotatable bonds is 4. The quantitative estimate of drug-likeness (QED) is 0.792. The van der Waals surface area contributed by atoms with E-state index < -0.39 is 0 Å². The lowest BCUT2D eigenvalue weighted by Gasteiger charge is -2.13. The Morgan fingerprint density at radius 1 is 1.37 bits per heavy atom. The van der Waals surface area contributed by atoms with Crippen LogP contribution in [0.3, 0.4) is 0 Å². The summed E-state index contributed by atoms with van der Waals surface area (Å²) in [6.45, 7) is 4.27. The van der Waals surface area contributed by atoms with Crippen molar-refractivity contribution in [1.82, 2.24) is 9.55 Å². The lowest BCUT2D eigenvalue weighted by molar-refractivity contribution is 0.112. The SMILES string of the molecule is COc1cc(C(C)C)ccc1-c1c(C=O)ncn1C. The molecule has 0 bridgehead atoms. The summed E-state index contributed by atoms with van der Waals surface area (Å²) in [5.41, 5.74) is 3.30. The van der Waals surface area contributed by atoms with Gasteiger partial charge >= 0.3 is 0 Å². The number of hydrogen-bond acceptors (Lipinski definition) is 3. The first kappa shape index (κ1) is 13.3. The first-order chi connectivity index (χ1) is 9.08. The number of methoxy groups -OCH3 is 1. The van der Waals surface area contributed by atoms with Crippen LogP contribution in [0.5, 0.6) is 5.75 Å². The van der Waals surface area contributed by atoms with Gasteiger partial charge in [-0.1, -0.05) is 19.9 Å². The van der Waals surface area contributed by atoms with Gasteiger partial charge in [0, 0.05) is 12.6 Å². The lowest BCUT2D eigenvalue weighted by atomic mass is 9.99. The van der Waals surface area contributed by atoms with Gasteiger partial charge in [0.25, 0.3) is 0 Å². The first-order valence-corrected chi connectivity index (χ1v) is 6.23. The van der Waals surface area contributed by atoms with Gasteiger partial charge in [0.05, 0.1) is 19.1 Å². The molecule has 100 valence electrons. The fourth-order valence-corrected chi connectivity index (χ4v) is 2.13. The maximum atomic E-state index is 11.1. The average Bonchev–Trinajstić information content (AvgIpc) is 2.78. The fourth-order valence-electron chi connectivity index (χ4n) is 2.13. The molecule has 0 aliphatic carbocycles. The Balaban J connectivity index is 2.62. The summed E-state index contributed by atoms with van der Waals surface area (Å²) in [6.07, 6.45) is 2.40. The smallest absolute Gasteiger partial charge is 0.170 e. The molecule has 0 unspecified atom stereocenters. The Hall–Kier alpha value is -2.10. The minimum absolute atomic E-state index is 0.429. The number of nitrogens with zero attached hydrogens (tertiary/aromatic N) is 2. The van der Waals surface area contributed by atoms with E-state index in [0.717, 1.165) is 23.3 Å². The summed E-state index contributed by atoms with van der Waals surface area (Å²) in [4.78, 5) is 15.2. The normalized spacial score (nSPS) is 10.8. The molecule has 19 heavy (non-hydrogen) atoms. The molecule has 0 atom stereocenters. The van der Waals surface area contributed by atoms with Crippen molar-refractivity contribution >= 4 is 6.29 Å². The highest BCUT2D eigenvalue weighted by molar-refractivity contribution is 5.85. The molecule has 0 fully saturated rings. The minimum atomic E-state index is 0.429. The van der Waals surface area contributed by atoms with Gasteiger partial charge in [-0.2, -0.15) is 0 Å². The van der Waals surface area contributed by atoms with Crippen LogP contribution < -0.4 is 4.74 Å². The third-order valence-corrected chi connectivity index (χ3v) is 3.22. The topological polar surface area (TPSA) is 44.1 Å². The van der Waals surface area contributed by atoms with E-state index in [1.807, 2.05) is 23.7 Å². The summed E-state index contributed by atoms with van der Waals surface area (Å²) >= 11 is 0. The van der Waals surface area contributed by atoms with E-state index >= 15 is 0 Å². The van der Waals surface area contributed by atoms with Crippen molar-refractivity contribution in [2.24, 2.45) is 7.05 Å². The van der Waals surface area contributed by atoms with E-state index in [4.69, 9.17) is 4.74 Å². The van der Waals surface area contributed by atoms with Crippen molar-refractivity contribution in [2.75, 3.05) is 7.11 Å². The number of hydrogen-bond donors (Lipinski definition) is 0. The van der Waals surface area contributed by atoms with Crippen LogP contribution in [-0.2, 0) is 7.05 Å². The third kappa shape index (κ3) is 2.38. The standard InChI is InChI=1S/C15H18N2O2/c1-10(2)11-5-6-12(14(7-11)19-4)15-13(8-18)16-9-17(15)3/h5-10H,1-4H3. The second-order valence-corrected chi connectivity index (χ2v) is 4.82. The number of aromatic nitrogens is 2. The highest BCUT2D eigenvalue weighted by Gasteiger charge is 2.16. The summed E-state index contributed by atoms with van der Waals surface area (Å²) in [5, 5.41) is 0. The van der Waals surface area contributed by atoms with E-state index in [9.17, 15) is 4.79 Å². The van der Waals surface area contributed by atoms with Crippen molar-refractivity contribution in [3.63, 3.8) is 0 Å². The minimum Gasteiger partial charge on any atom is -0.496 e. The molecule has 0 spiro atoms. The number of carbonyl (C=O) groups excluding carboxylic acids is 1. The van der Waals surface area contributed by atoms with E-state index in [1.165, 1.54) is 5.56 Å². The summed E-state index contributed by atoms with van der Waals surface area (Å²) in [7, 11) is 3.50. The summed E-state index contributed by atoms with van der Waals surface area (Å²) in [6, 6.07) is 6.06. The molecule has 4 heteroatoms. The van der Waals surface area contributed by atoms with Crippen LogP contribution in [0.1, 0.15) is 35.8 Å². The van der Waals surface area contributed by atoms with Gasteiger partial charge in [-0.3, -0.25) is 4.79 Å². The molecule has 0 amide bonds. The highest BCUT2D eigenvalue weighted by Crippen LogP contribution is 2.33. The predicted molar refractivity (Wildman–Crippen MR) is 74.7 cm³/mol. The maximum Gasteiger partial charge on any atom is 0.170 e. The van der Waals surface area contributed by atoms with E-state index in [-0.39, 0.29) is 0 Å².